The summed E-state index contributed by atoms with van der Waals surface area (Å²) >= 11 is 1.42. The first kappa shape index (κ1) is 14.5. The van der Waals surface area contributed by atoms with E-state index in [1.807, 2.05) is 29.6 Å². The van der Waals surface area contributed by atoms with Crippen molar-refractivity contribution >= 4 is 27.3 Å². The van der Waals surface area contributed by atoms with Gasteiger partial charge in [0.05, 0.1) is 25.4 Å². The zero-order chi connectivity index (χ0) is 15.7. The Morgan fingerprint density at radius 3 is 2.68 bits per heavy atom. The summed E-state index contributed by atoms with van der Waals surface area (Å²) in [4.78, 5) is 28.8. The normalized spacial score (nSPS) is 10.8. The van der Waals surface area contributed by atoms with Gasteiger partial charge in [0.15, 0.2) is 0 Å². The molecule has 0 aliphatic carbocycles. The molecule has 0 atom stereocenters. The fourth-order valence-corrected chi connectivity index (χ4v) is 3.21. The molecule has 0 radical (unpaired) electrons. The minimum absolute atomic E-state index is 0.0413. The number of nitrogens with zero attached hydrogens (tertiary/aromatic N) is 2. The topological polar surface area (TPSA) is 61.2 Å². The van der Waals surface area contributed by atoms with E-state index in [2.05, 4.69) is 4.98 Å². The molecule has 3 rings (SSSR count). The second-order valence-electron chi connectivity index (χ2n) is 4.94. The quantitative estimate of drug-likeness (QED) is 0.743. The summed E-state index contributed by atoms with van der Waals surface area (Å²) < 4.78 is 6.50. The zero-order valence-electron chi connectivity index (χ0n) is 12.2. The van der Waals surface area contributed by atoms with Crippen molar-refractivity contribution in [3.8, 4) is 16.9 Å². The number of thiophene rings is 1. The van der Waals surface area contributed by atoms with Crippen molar-refractivity contribution < 1.29 is 9.53 Å². The Morgan fingerprint density at radius 1 is 1.32 bits per heavy atom. The van der Waals surface area contributed by atoms with Crippen LogP contribution >= 0.6 is 11.3 Å². The van der Waals surface area contributed by atoms with Gasteiger partial charge in [-0.2, -0.15) is 0 Å². The van der Waals surface area contributed by atoms with Gasteiger partial charge in [0, 0.05) is 10.9 Å². The molecular weight excluding hydrogens is 300 g/mol. The van der Waals surface area contributed by atoms with Crippen molar-refractivity contribution in [2.45, 2.75) is 13.5 Å². The molecule has 3 aromatic rings. The van der Waals surface area contributed by atoms with Gasteiger partial charge in [0.2, 0.25) is 0 Å². The van der Waals surface area contributed by atoms with Crippen molar-refractivity contribution in [2.75, 3.05) is 7.11 Å². The van der Waals surface area contributed by atoms with Crippen LogP contribution in [-0.2, 0) is 11.3 Å². The predicted octanol–water partition coefficient (Wildman–Crippen LogP) is 2.72. The van der Waals surface area contributed by atoms with Gasteiger partial charge in [0.25, 0.3) is 5.56 Å². The molecule has 0 aliphatic rings. The number of hydrogen-bond donors (Lipinski definition) is 0. The highest BCUT2D eigenvalue weighted by Crippen LogP contribution is 2.31. The van der Waals surface area contributed by atoms with E-state index in [-0.39, 0.29) is 17.9 Å². The Hall–Kier alpha value is -2.47. The lowest BCUT2D eigenvalue weighted by molar-refractivity contribution is -0.117. The van der Waals surface area contributed by atoms with Crippen LogP contribution in [0.4, 0.5) is 0 Å². The standard InChI is InChI=1S/C16H14N2O3S/c1-10(19)7-18-9-17-15-14(16(18)20)13(8-22-15)11-3-5-12(21-2)6-4-11/h3-6,8-9H,7H2,1-2H3. The van der Waals surface area contributed by atoms with E-state index in [9.17, 15) is 9.59 Å². The number of aromatic nitrogens is 2. The summed E-state index contributed by atoms with van der Waals surface area (Å²) in [6.07, 6.45) is 1.43. The first-order valence-corrected chi connectivity index (χ1v) is 7.58. The number of Topliss-reactive ketones (excluding diaryl/α,β-unsaturated/α-hetero) is 1. The van der Waals surface area contributed by atoms with E-state index in [0.29, 0.717) is 10.2 Å². The van der Waals surface area contributed by atoms with Crippen molar-refractivity contribution in [1.82, 2.24) is 9.55 Å². The van der Waals surface area contributed by atoms with Crippen LogP contribution < -0.4 is 10.3 Å². The minimum atomic E-state index is -0.188. The second kappa shape index (κ2) is 5.73. The highest BCUT2D eigenvalue weighted by Gasteiger charge is 2.13. The fourth-order valence-electron chi connectivity index (χ4n) is 2.30. The average molecular weight is 314 g/mol. The lowest BCUT2D eigenvalue weighted by Crippen LogP contribution is -2.23. The monoisotopic (exact) mass is 314 g/mol. The summed E-state index contributed by atoms with van der Waals surface area (Å²) in [6, 6.07) is 7.51. The van der Waals surface area contributed by atoms with Gasteiger partial charge in [-0.1, -0.05) is 12.1 Å². The number of carbonyl (C=O) groups excluding carboxylic acids is 1. The van der Waals surface area contributed by atoms with E-state index in [4.69, 9.17) is 4.74 Å². The van der Waals surface area contributed by atoms with Crippen molar-refractivity contribution in [3.63, 3.8) is 0 Å². The third-order valence-electron chi connectivity index (χ3n) is 3.35. The molecule has 0 saturated carbocycles. The molecule has 6 heteroatoms. The van der Waals surface area contributed by atoms with Gasteiger partial charge in [-0.25, -0.2) is 4.98 Å². The number of ether oxygens (including phenoxy) is 1. The molecule has 0 unspecified atom stereocenters. The summed E-state index contributed by atoms with van der Waals surface area (Å²) in [5.74, 6) is 0.680. The smallest absolute Gasteiger partial charge is 0.263 e. The van der Waals surface area contributed by atoms with Crippen LogP contribution in [-0.4, -0.2) is 22.4 Å². The average Bonchev–Trinajstić information content (AvgIpc) is 2.94. The van der Waals surface area contributed by atoms with Gasteiger partial charge in [-0.15, -0.1) is 11.3 Å². The van der Waals surface area contributed by atoms with Crippen LogP contribution in [0.5, 0.6) is 5.75 Å². The molecule has 5 nitrogen and oxygen atoms in total. The SMILES string of the molecule is COc1ccc(-c2csc3ncn(CC(C)=O)c(=O)c23)cc1. The van der Waals surface area contributed by atoms with E-state index < -0.39 is 0 Å². The lowest BCUT2D eigenvalue weighted by Gasteiger charge is -2.05. The predicted molar refractivity (Wildman–Crippen MR) is 86.5 cm³/mol. The highest BCUT2D eigenvalue weighted by molar-refractivity contribution is 7.17. The maximum atomic E-state index is 12.6. The molecule has 0 saturated heterocycles. The molecule has 0 bridgehead atoms. The first-order valence-electron chi connectivity index (χ1n) is 6.70. The Labute approximate surface area is 130 Å². The van der Waals surface area contributed by atoms with Crippen LogP contribution in [0.25, 0.3) is 21.3 Å². The van der Waals surface area contributed by atoms with E-state index in [1.165, 1.54) is 29.2 Å². The molecule has 1 aromatic carbocycles. The molecule has 2 heterocycles. The summed E-state index contributed by atoms with van der Waals surface area (Å²) in [7, 11) is 1.61. The fraction of sp³-hybridized carbons (Fsp3) is 0.188. The lowest BCUT2D eigenvalue weighted by atomic mass is 10.1. The van der Waals surface area contributed by atoms with Crippen molar-refractivity contribution in [2.24, 2.45) is 0 Å². The largest absolute Gasteiger partial charge is 0.497 e. The Balaban J connectivity index is 2.17. The Kier molecular flexibility index (Phi) is 3.77. The van der Waals surface area contributed by atoms with Crippen molar-refractivity contribution in [3.05, 3.63) is 46.3 Å². The Bertz CT molecular complexity index is 894. The number of fused-ring (bicyclic) bond motifs is 1. The summed E-state index contributed by atoms with van der Waals surface area (Å²) in [5.41, 5.74) is 1.57. The summed E-state index contributed by atoms with van der Waals surface area (Å²) in [5, 5.41) is 2.47. The molecule has 2 aromatic heterocycles. The number of rotatable bonds is 4. The number of hydrogen-bond acceptors (Lipinski definition) is 5. The van der Waals surface area contributed by atoms with Gasteiger partial charge in [0.1, 0.15) is 16.4 Å². The first-order chi connectivity index (χ1) is 10.6. The minimum Gasteiger partial charge on any atom is -0.497 e. The molecule has 0 amide bonds. The van der Waals surface area contributed by atoms with Gasteiger partial charge in [-0.05, 0) is 24.6 Å². The number of ketones is 1. The van der Waals surface area contributed by atoms with Crippen LogP contribution in [0.1, 0.15) is 6.92 Å². The molecule has 0 fully saturated rings. The molecule has 0 aliphatic heterocycles. The van der Waals surface area contributed by atoms with Crippen LogP contribution in [0.3, 0.4) is 0 Å². The van der Waals surface area contributed by atoms with E-state index >= 15 is 0 Å². The van der Waals surface area contributed by atoms with Gasteiger partial charge < -0.3 is 4.74 Å². The van der Waals surface area contributed by atoms with Gasteiger partial charge >= 0.3 is 0 Å². The van der Waals surface area contributed by atoms with E-state index in [0.717, 1.165) is 16.9 Å². The highest BCUT2D eigenvalue weighted by atomic mass is 32.1. The number of methoxy groups -OCH3 is 1. The second-order valence-corrected chi connectivity index (χ2v) is 5.80. The van der Waals surface area contributed by atoms with Crippen molar-refractivity contribution in [1.29, 1.82) is 0 Å². The maximum absolute atomic E-state index is 12.6. The molecule has 0 spiro atoms. The van der Waals surface area contributed by atoms with Gasteiger partial charge in [-0.3, -0.25) is 14.2 Å². The van der Waals surface area contributed by atoms with Crippen LogP contribution in [0.2, 0.25) is 0 Å². The molecule has 22 heavy (non-hydrogen) atoms. The molecule has 112 valence electrons. The van der Waals surface area contributed by atoms with Crippen LogP contribution in [0, 0.1) is 0 Å². The number of benzene rings is 1. The third-order valence-corrected chi connectivity index (χ3v) is 4.24. The zero-order valence-corrected chi connectivity index (χ0v) is 13.0. The summed E-state index contributed by atoms with van der Waals surface area (Å²) in [6.45, 7) is 1.49. The Morgan fingerprint density at radius 2 is 2.05 bits per heavy atom. The maximum Gasteiger partial charge on any atom is 0.263 e. The molecule has 0 N–H and O–H groups in total. The molecular formula is C16H14N2O3S. The third kappa shape index (κ3) is 2.53. The van der Waals surface area contributed by atoms with Crippen LogP contribution in [0.15, 0.2) is 40.8 Å². The van der Waals surface area contributed by atoms with E-state index in [1.54, 1.807) is 7.11 Å². The number of carbonyl (C=O) groups is 1.